The molecule has 0 fully saturated rings. The number of carbonyl (C=O) groups is 1. The van der Waals surface area contributed by atoms with Gasteiger partial charge in [0.05, 0.1) is 16.4 Å². The number of nitrogens with zero attached hydrogens (tertiary/aromatic N) is 4. The molecule has 0 aliphatic heterocycles. The lowest BCUT2D eigenvalue weighted by Gasteiger charge is -2.05. The molecule has 124 valence electrons. The maximum Gasteiger partial charge on any atom is 0.277 e. The minimum atomic E-state index is -0.412. The lowest BCUT2D eigenvalue weighted by molar-refractivity contribution is 0.101. The predicted octanol–water partition coefficient (Wildman–Crippen LogP) is 3.22. The number of rotatable bonds is 3. The Kier molecular flexibility index (Phi) is 3.66. The van der Waals surface area contributed by atoms with Crippen molar-refractivity contribution in [3.63, 3.8) is 0 Å². The van der Waals surface area contributed by atoms with Gasteiger partial charge in [-0.2, -0.15) is 15.4 Å². The van der Waals surface area contributed by atoms with Crippen molar-refractivity contribution in [2.24, 2.45) is 0 Å². The van der Waals surface area contributed by atoms with E-state index in [0.29, 0.717) is 27.7 Å². The number of carbonyl (C=O) groups excluding carboxylic acids is 1. The molecule has 2 N–H and O–H groups in total. The molecule has 0 atom stereocenters. The summed E-state index contributed by atoms with van der Waals surface area (Å²) in [5, 5.41) is 17.5. The summed E-state index contributed by atoms with van der Waals surface area (Å²) >= 11 is 5.91. The summed E-state index contributed by atoms with van der Waals surface area (Å²) in [6.45, 7) is 1.77. The van der Waals surface area contributed by atoms with E-state index in [2.05, 4.69) is 30.9 Å². The largest absolute Gasteiger partial charge is 0.355 e. The monoisotopic (exact) mass is 354 g/mol. The average molecular weight is 355 g/mol. The minimum Gasteiger partial charge on any atom is -0.355 e. The highest BCUT2D eigenvalue weighted by Gasteiger charge is 2.16. The van der Waals surface area contributed by atoms with Crippen LogP contribution < -0.4 is 5.32 Å². The summed E-state index contributed by atoms with van der Waals surface area (Å²) in [5.41, 5.74) is 3.50. The van der Waals surface area contributed by atoms with Crippen LogP contribution in [0.4, 0.5) is 5.69 Å². The quantitative estimate of drug-likeness (QED) is 0.584. The SMILES string of the molecule is Cc1ncc(Cl)cc1NC(=O)c1cc(-c2ccc3n[nH]nc3c2)on1. The number of halogens is 1. The van der Waals surface area contributed by atoms with Crippen LogP contribution >= 0.6 is 11.6 Å². The Hall–Kier alpha value is -3.26. The number of aromatic amines is 1. The Bertz CT molecular complexity index is 1090. The van der Waals surface area contributed by atoms with Crippen molar-refractivity contribution in [3.8, 4) is 11.3 Å². The van der Waals surface area contributed by atoms with Gasteiger partial charge in [-0.1, -0.05) is 16.8 Å². The maximum atomic E-state index is 12.4. The van der Waals surface area contributed by atoms with Crippen molar-refractivity contribution >= 4 is 34.2 Å². The third kappa shape index (κ3) is 2.94. The van der Waals surface area contributed by atoms with Crippen LogP contribution in [0.2, 0.25) is 5.02 Å². The lowest BCUT2D eigenvalue weighted by atomic mass is 10.1. The van der Waals surface area contributed by atoms with Crippen LogP contribution in [0.15, 0.2) is 41.1 Å². The third-order valence-electron chi connectivity index (χ3n) is 3.65. The number of amides is 1. The molecule has 0 aliphatic rings. The molecule has 0 bridgehead atoms. The van der Waals surface area contributed by atoms with Gasteiger partial charge in [0.2, 0.25) is 0 Å². The number of fused-ring (bicyclic) bond motifs is 1. The van der Waals surface area contributed by atoms with Crippen molar-refractivity contribution in [2.75, 3.05) is 5.32 Å². The molecular formula is C16H11ClN6O2. The number of aryl methyl sites for hydroxylation is 1. The van der Waals surface area contributed by atoms with Crippen LogP contribution in [0.25, 0.3) is 22.4 Å². The van der Waals surface area contributed by atoms with E-state index in [1.54, 1.807) is 31.2 Å². The summed E-state index contributed by atoms with van der Waals surface area (Å²) in [4.78, 5) is 16.5. The zero-order valence-corrected chi connectivity index (χ0v) is 13.7. The Labute approximate surface area is 146 Å². The summed E-state index contributed by atoms with van der Waals surface area (Å²) in [6.07, 6.45) is 1.51. The first kappa shape index (κ1) is 15.3. The molecule has 8 nitrogen and oxygen atoms in total. The van der Waals surface area contributed by atoms with Crippen LogP contribution in [0, 0.1) is 6.92 Å². The molecule has 4 rings (SSSR count). The van der Waals surface area contributed by atoms with Gasteiger partial charge < -0.3 is 9.84 Å². The van der Waals surface area contributed by atoms with Crippen molar-refractivity contribution in [1.29, 1.82) is 0 Å². The molecule has 4 aromatic rings. The van der Waals surface area contributed by atoms with E-state index in [4.69, 9.17) is 16.1 Å². The number of benzene rings is 1. The fraction of sp³-hybridized carbons (Fsp3) is 0.0625. The molecule has 9 heteroatoms. The first-order valence-electron chi connectivity index (χ1n) is 7.31. The second-order valence-electron chi connectivity index (χ2n) is 5.34. The topological polar surface area (TPSA) is 110 Å². The van der Waals surface area contributed by atoms with Crippen LogP contribution in [0.3, 0.4) is 0 Å². The summed E-state index contributed by atoms with van der Waals surface area (Å²) < 4.78 is 5.28. The number of hydrogen-bond donors (Lipinski definition) is 2. The number of pyridine rings is 1. The van der Waals surface area contributed by atoms with Crippen molar-refractivity contribution in [3.05, 3.63) is 52.9 Å². The molecule has 3 heterocycles. The van der Waals surface area contributed by atoms with Crippen LogP contribution in [0.1, 0.15) is 16.2 Å². The van der Waals surface area contributed by atoms with Gasteiger partial charge in [0.25, 0.3) is 5.91 Å². The Morgan fingerprint density at radius 3 is 2.92 bits per heavy atom. The van der Waals surface area contributed by atoms with E-state index in [1.165, 1.54) is 6.20 Å². The molecule has 0 unspecified atom stereocenters. The lowest BCUT2D eigenvalue weighted by Crippen LogP contribution is -2.13. The van der Waals surface area contributed by atoms with Gasteiger partial charge in [0.1, 0.15) is 11.0 Å². The first-order valence-corrected chi connectivity index (χ1v) is 7.69. The Balaban J connectivity index is 1.59. The van der Waals surface area contributed by atoms with Crippen molar-refractivity contribution in [1.82, 2.24) is 25.6 Å². The highest BCUT2D eigenvalue weighted by atomic mass is 35.5. The van der Waals surface area contributed by atoms with E-state index in [1.807, 2.05) is 6.07 Å². The van der Waals surface area contributed by atoms with Crippen molar-refractivity contribution < 1.29 is 9.32 Å². The van der Waals surface area contributed by atoms with E-state index >= 15 is 0 Å². The Morgan fingerprint density at radius 2 is 2.04 bits per heavy atom. The number of anilines is 1. The van der Waals surface area contributed by atoms with Gasteiger partial charge in [-0.25, -0.2) is 0 Å². The molecule has 1 aromatic carbocycles. The summed E-state index contributed by atoms with van der Waals surface area (Å²) in [5.74, 6) is 0.0423. The minimum absolute atomic E-state index is 0.148. The molecule has 1 amide bonds. The van der Waals surface area contributed by atoms with E-state index in [9.17, 15) is 4.79 Å². The molecular weight excluding hydrogens is 344 g/mol. The van der Waals surface area contributed by atoms with Crippen LogP contribution in [-0.2, 0) is 0 Å². The number of nitrogens with one attached hydrogen (secondary N) is 2. The second-order valence-corrected chi connectivity index (χ2v) is 5.78. The zero-order chi connectivity index (χ0) is 17.4. The van der Waals surface area contributed by atoms with E-state index < -0.39 is 5.91 Å². The molecule has 0 spiro atoms. The highest BCUT2D eigenvalue weighted by Crippen LogP contribution is 2.24. The molecule has 0 radical (unpaired) electrons. The fourth-order valence-electron chi connectivity index (χ4n) is 2.33. The van der Waals surface area contributed by atoms with Gasteiger partial charge in [0, 0.05) is 17.8 Å². The molecule has 0 saturated heterocycles. The van der Waals surface area contributed by atoms with E-state index in [0.717, 1.165) is 11.1 Å². The Morgan fingerprint density at radius 1 is 1.20 bits per heavy atom. The molecule has 3 aromatic heterocycles. The summed E-state index contributed by atoms with van der Waals surface area (Å²) in [6, 6.07) is 8.60. The van der Waals surface area contributed by atoms with Gasteiger partial charge >= 0.3 is 0 Å². The third-order valence-corrected chi connectivity index (χ3v) is 3.85. The highest BCUT2D eigenvalue weighted by molar-refractivity contribution is 6.30. The van der Waals surface area contributed by atoms with Gasteiger partial charge in [-0.15, -0.1) is 0 Å². The molecule has 0 aliphatic carbocycles. The zero-order valence-electron chi connectivity index (χ0n) is 12.9. The summed E-state index contributed by atoms with van der Waals surface area (Å²) in [7, 11) is 0. The van der Waals surface area contributed by atoms with Crippen molar-refractivity contribution in [2.45, 2.75) is 6.92 Å². The number of aromatic nitrogens is 5. The van der Waals surface area contributed by atoms with Gasteiger partial charge in [0.15, 0.2) is 11.5 Å². The normalized spacial score (nSPS) is 11.0. The predicted molar refractivity (Wildman–Crippen MR) is 91.3 cm³/mol. The van der Waals surface area contributed by atoms with Crippen LogP contribution in [0.5, 0.6) is 0 Å². The first-order chi connectivity index (χ1) is 12.1. The van der Waals surface area contributed by atoms with Gasteiger partial charge in [-0.05, 0) is 31.2 Å². The number of H-pyrrole nitrogens is 1. The molecule has 0 saturated carbocycles. The van der Waals surface area contributed by atoms with Gasteiger partial charge in [-0.3, -0.25) is 9.78 Å². The average Bonchev–Trinajstić information content (AvgIpc) is 3.26. The van der Waals surface area contributed by atoms with Crippen LogP contribution in [-0.4, -0.2) is 31.5 Å². The fourth-order valence-corrected chi connectivity index (χ4v) is 2.49. The maximum absolute atomic E-state index is 12.4. The number of hydrogen-bond acceptors (Lipinski definition) is 6. The second kappa shape index (κ2) is 5.99. The standard InChI is InChI=1S/C16H11ClN6O2/c1-8-12(5-10(17)7-18-8)19-16(24)14-6-15(25-22-14)9-2-3-11-13(4-9)21-23-20-11/h2-7H,1H3,(H,19,24)(H,20,21,23). The smallest absolute Gasteiger partial charge is 0.277 e. The molecule has 25 heavy (non-hydrogen) atoms. The van der Waals surface area contributed by atoms with E-state index in [-0.39, 0.29) is 5.69 Å².